The zero-order valence-electron chi connectivity index (χ0n) is 11.2. The molecule has 0 spiro atoms. The highest BCUT2D eigenvalue weighted by atomic mass is 16.4. The summed E-state index contributed by atoms with van der Waals surface area (Å²) in [4.78, 5) is 22.4. The average molecular weight is 244 g/mol. The highest BCUT2D eigenvalue weighted by Crippen LogP contribution is 2.06. The molecule has 0 aromatic carbocycles. The number of nitrogens with one attached hydrogen (secondary N) is 2. The van der Waals surface area contributed by atoms with Crippen LogP contribution in [-0.2, 0) is 9.59 Å². The summed E-state index contributed by atoms with van der Waals surface area (Å²) in [6.07, 6.45) is 1.43. The van der Waals surface area contributed by atoms with E-state index in [1.807, 2.05) is 27.7 Å². The van der Waals surface area contributed by atoms with Crippen LogP contribution in [0.15, 0.2) is 0 Å². The van der Waals surface area contributed by atoms with E-state index >= 15 is 0 Å². The third-order valence-corrected chi connectivity index (χ3v) is 2.14. The number of carbonyl (C=O) groups is 2. The van der Waals surface area contributed by atoms with E-state index in [2.05, 4.69) is 10.6 Å². The topological polar surface area (TPSA) is 78.4 Å². The van der Waals surface area contributed by atoms with Crippen molar-refractivity contribution in [2.75, 3.05) is 6.54 Å². The van der Waals surface area contributed by atoms with E-state index in [1.165, 1.54) is 0 Å². The monoisotopic (exact) mass is 244 g/mol. The molecule has 0 aromatic rings. The van der Waals surface area contributed by atoms with Crippen LogP contribution >= 0.6 is 0 Å². The Hall–Kier alpha value is -1.10. The Morgan fingerprint density at radius 3 is 2.29 bits per heavy atom. The fraction of sp³-hybridized carbons (Fsp3) is 0.833. The number of rotatable bonds is 7. The van der Waals surface area contributed by atoms with Gasteiger partial charge in [0.1, 0.15) is 6.04 Å². The van der Waals surface area contributed by atoms with Gasteiger partial charge in [-0.1, -0.05) is 6.92 Å². The molecule has 100 valence electrons. The van der Waals surface area contributed by atoms with Gasteiger partial charge in [-0.25, -0.2) is 0 Å². The van der Waals surface area contributed by atoms with Gasteiger partial charge in [0, 0.05) is 18.5 Å². The molecular weight excluding hydrogens is 220 g/mol. The zero-order chi connectivity index (χ0) is 13.5. The van der Waals surface area contributed by atoms with Crippen LogP contribution in [0.3, 0.4) is 0 Å². The largest absolute Gasteiger partial charge is 0.480 e. The van der Waals surface area contributed by atoms with E-state index in [1.54, 1.807) is 0 Å². The summed E-state index contributed by atoms with van der Waals surface area (Å²) in [6.45, 7) is 8.32. The van der Waals surface area contributed by atoms with Gasteiger partial charge in [0.05, 0.1) is 0 Å². The molecule has 3 N–H and O–H groups in total. The van der Waals surface area contributed by atoms with Crippen LogP contribution in [0.2, 0.25) is 0 Å². The number of carboxylic acid groups (broad SMARTS) is 1. The average Bonchev–Trinajstić information content (AvgIpc) is 2.19. The molecule has 5 heteroatoms. The van der Waals surface area contributed by atoms with E-state index in [4.69, 9.17) is 5.11 Å². The van der Waals surface area contributed by atoms with Crippen LogP contribution in [0.4, 0.5) is 0 Å². The van der Waals surface area contributed by atoms with E-state index in [0.29, 0.717) is 13.0 Å². The minimum Gasteiger partial charge on any atom is -0.480 e. The van der Waals surface area contributed by atoms with Gasteiger partial charge in [0.2, 0.25) is 5.91 Å². The van der Waals surface area contributed by atoms with Crippen molar-refractivity contribution < 1.29 is 14.7 Å². The lowest BCUT2D eigenvalue weighted by molar-refractivity contribution is -0.140. The van der Waals surface area contributed by atoms with Crippen molar-refractivity contribution in [1.82, 2.24) is 10.6 Å². The Balaban J connectivity index is 4.10. The Morgan fingerprint density at radius 2 is 1.88 bits per heavy atom. The first-order valence-corrected chi connectivity index (χ1v) is 6.03. The fourth-order valence-corrected chi connectivity index (χ4v) is 1.41. The second-order valence-corrected chi connectivity index (χ2v) is 5.17. The minimum absolute atomic E-state index is 0.0891. The molecule has 0 aromatic heterocycles. The fourth-order valence-electron chi connectivity index (χ4n) is 1.41. The van der Waals surface area contributed by atoms with Gasteiger partial charge < -0.3 is 10.4 Å². The van der Waals surface area contributed by atoms with Gasteiger partial charge in [0.15, 0.2) is 0 Å². The van der Waals surface area contributed by atoms with Crippen LogP contribution in [-0.4, -0.2) is 35.1 Å². The smallest absolute Gasteiger partial charge is 0.320 e. The maximum Gasteiger partial charge on any atom is 0.320 e. The van der Waals surface area contributed by atoms with E-state index in [9.17, 15) is 9.59 Å². The maximum absolute atomic E-state index is 11.4. The number of hydrogen-bond acceptors (Lipinski definition) is 3. The molecule has 0 aliphatic carbocycles. The van der Waals surface area contributed by atoms with E-state index < -0.39 is 12.0 Å². The molecule has 1 atom stereocenters. The molecule has 0 radical (unpaired) electrons. The minimum atomic E-state index is -0.914. The first-order chi connectivity index (χ1) is 7.76. The summed E-state index contributed by atoms with van der Waals surface area (Å²) in [6, 6.07) is -0.678. The van der Waals surface area contributed by atoms with Gasteiger partial charge in [-0.15, -0.1) is 0 Å². The van der Waals surface area contributed by atoms with Crippen LogP contribution in [0.1, 0.15) is 47.0 Å². The summed E-state index contributed by atoms with van der Waals surface area (Å²) in [5.41, 5.74) is -0.275. The Kier molecular flexibility index (Phi) is 6.80. The quantitative estimate of drug-likeness (QED) is 0.627. The van der Waals surface area contributed by atoms with Crippen LogP contribution < -0.4 is 10.6 Å². The summed E-state index contributed by atoms with van der Waals surface area (Å²) >= 11 is 0. The molecule has 1 amide bonds. The lowest BCUT2D eigenvalue weighted by Gasteiger charge is -2.25. The van der Waals surface area contributed by atoms with Crippen LogP contribution in [0.25, 0.3) is 0 Å². The molecular formula is C12H24N2O3. The van der Waals surface area contributed by atoms with Crippen molar-refractivity contribution in [1.29, 1.82) is 0 Å². The maximum atomic E-state index is 11.4. The number of hydrogen-bond donors (Lipinski definition) is 3. The molecule has 0 aliphatic heterocycles. The molecule has 5 nitrogen and oxygen atoms in total. The van der Waals surface area contributed by atoms with Crippen molar-refractivity contribution in [3.63, 3.8) is 0 Å². The Bertz CT molecular complexity index is 259. The zero-order valence-corrected chi connectivity index (χ0v) is 11.2. The van der Waals surface area contributed by atoms with E-state index in [0.717, 1.165) is 6.42 Å². The molecule has 0 rings (SSSR count). The number of carbonyl (C=O) groups excluding carboxylic acids is 1. The SMILES string of the molecule is CCCNC(=O)CC[C@H](NC(C)(C)C)C(=O)O. The highest BCUT2D eigenvalue weighted by molar-refractivity contribution is 5.78. The number of amides is 1. The number of aliphatic carboxylic acids is 1. The van der Waals surface area contributed by atoms with Gasteiger partial charge >= 0.3 is 5.97 Å². The molecule has 0 heterocycles. The summed E-state index contributed by atoms with van der Waals surface area (Å²) in [7, 11) is 0. The predicted octanol–water partition coefficient (Wildman–Crippen LogP) is 1.13. The highest BCUT2D eigenvalue weighted by Gasteiger charge is 2.23. The van der Waals surface area contributed by atoms with Gasteiger partial charge in [-0.2, -0.15) is 0 Å². The Morgan fingerprint density at radius 1 is 1.29 bits per heavy atom. The van der Waals surface area contributed by atoms with Crippen molar-refractivity contribution >= 4 is 11.9 Å². The Labute approximate surface area is 103 Å². The predicted molar refractivity (Wildman–Crippen MR) is 66.8 cm³/mol. The van der Waals surface area contributed by atoms with Gasteiger partial charge in [0.25, 0.3) is 0 Å². The van der Waals surface area contributed by atoms with Crippen molar-refractivity contribution in [2.45, 2.75) is 58.5 Å². The summed E-state index contributed by atoms with van der Waals surface area (Å²) in [5.74, 6) is -1.00. The molecule has 0 saturated carbocycles. The third-order valence-electron chi connectivity index (χ3n) is 2.14. The molecule has 17 heavy (non-hydrogen) atoms. The van der Waals surface area contributed by atoms with Crippen LogP contribution in [0.5, 0.6) is 0 Å². The summed E-state index contributed by atoms with van der Waals surface area (Å²) in [5, 5.41) is 14.7. The van der Waals surface area contributed by atoms with Gasteiger partial charge in [-0.3, -0.25) is 14.9 Å². The first-order valence-electron chi connectivity index (χ1n) is 6.03. The lowest BCUT2D eigenvalue weighted by atomic mass is 10.0. The van der Waals surface area contributed by atoms with Gasteiger partial charge in [-0.05, 0) is 33.6 Å². The van der Waals surface area contributed by atoms with Crippen LogP contribution in [0, 0.1) is 0 Å². The molecule has 0 unspecified atom stereocenters. The molecule has 0 fully saturated rings. The summed E-state index contributed by atoms with van der Waals surface area (Å²) < 4.78 is 0. The first kappa shape index (κ1) is 15.9. The normalized spacial score (nSPS) is 13.2. The molecule has 0 aliphatic rings. The van der Waals surface area contributed by atoms with E-state index in [-0.39, 0.29) is 17.9 Å². The van der Waals surface area contributed by atoms with Crippen molar-refractivity contribution in [3.05, 3.63) is 0 Å². The second kappa shape index (κ2) is 7.27. The second-order valence-electron chi connectivity index (χ2n) is 5.17. The van der Waals surface area contributed by atoms with Crippen molar-refractivity contribution in [2.24, 2.45) is 0 Å². The molecule has 0 saturated heterocycles. The van der Waals surface area contributed by atoms with Crippen molar-refractivity contribution in [3.8, 4) is 0 Å². The third kappa shape index (κ3) is 8.68. The lowest BCUT2D eigenvalue weighted by Crippen LogP contribution is -2.48. The molecule has 0 bridgehead atoms. The standard InChI is InChI=1S/C12H24N2O3/c1-5-8-13-10(15)7-6-9(11(16)17)14-12(2,3)4/h9,14H,5-8H2,1-4H3,(H,13,15)(H,16,17)/t9-/m0/s1. The number of carboxylic acids is 1.